The third-order valence-corrected chi connectivity index (χ3v) is 15.0. The van der Waals surface area contributed by atoms with Crippen LogP contribution >= 0.6 is 0 Å². The Hall–Kier alpha value is -5.04. The molecule has 4 aromatic carbocycles. The Morgan fingerprint density at radius 2 is 0.843 bits per heavy atom. The maximum absolute atomic E-state index is 12.3. The van der Waals surface area contributed by atoms with Gasteiger partial charge in [0.15, 0.2) is 0 Å². The van der Waals surface area contributed by atoms with Gasteiger partial charge in [0.1, 0.15) is 22.9 Å². The average molecular weight is 999 g/mol. The Balaban J connectivity index is 0.000000206. The molecular weight excluding hydrogens is 933 g/mol. The Morgan fingerprint density at radius 1 is 0.471 bits per heavy atom. The second-order valence-electron chi connectivity index (χ2n) is 18.1. The molecule has 4 unspecified atom stereocenters. The summed E-state index contributed by atoms with van der Waals surface area (Å²) in [5.74, 6) is 2.74. The molecule has 376 valence electrons. The molecule has 6 aromatic rings. The number of hydrogen-bond donors (Lipinski definition) is 0. The van der Waals surface area contributed by atoms with Crippen molar-refractivity contribution in [3.63, 3.8) is 0 Å². The van der Waals surface area contributed by atoms with E-state index in [1.54, 1.807) is 48.5 Å². The van der Waals surface area contributed by atoms with Gasteiger partial charge in [-0.15, -0.1) is 0 Å². The summed E-state index contributed by atoms with van der Waals surface area (Å²) in [4.78, 5) is 9.59. The summed E-state index contributed by atoms with van der Waals surface area (Å²) in [6.45, 7) is 12.9. The molecule has 0 N–H and O–H groups in total. The van der Waals surface area contributed by atoms with Gasteiger partial charge >= 0.3 is 0 Å². The van der Waals surface area contributed by atoms with Crippen LogP contribution in [0.15, 0.2) is 116 Å². The first kappa shape index (κ1) is 52.8. The van der Waals surface area contributed by atoms with Gasteiger partial charge < -0.3 is 27.8 Å². The fourth-order valence-corrected chi connectivity index (χ4v) is 10.2. The number of ether oxygens (including phenoxy) is 4. The molecule has 2 fully saturated rings. The summed E-state index contributed by atoms with van der Waals surface area (Å²) < 4.78 is 95.3. The molecule has 2 aromatic heterocycles. The molecule has 2 aliphatic rings. The number of aromatic nitrogens is 2. The van der Waals surface area contributed by atoms with Crippen LogP contribution in [0.1, 0.15) is 96.5 Å². The molecule has 0 amide bonds. The molecule has 2 aliphatic carbocycles. The van der Waals surface area contributed by atoms with Gasteiger partial charge in [0.25, 0.3) is 20.2 Å². The van der Waals surface area contributed by atoms with Crippen molar-refractivity contribution in [3.05, 3.63) is 142 Å². The number of aryl methyl sites for hydroxylation is 6. The van der Waals surface area contributed by atoms with Crippen LogP contribution in [0.5, 0.6) is 0 Å². The van der Waals surface area contributed by atoms with Crippen LogP contribution in [0.2, 0.25) is 0 Å². The molecule has 0 aliphatic heterocycles. The van der Waals surface area contributed by atoms with Crippen LogP contribution in [-0.2, 0) is 60.8 Å². The first-order valence-electron chi connectivity index (χ1n) is 24.1. The molecule has 14 nitrogen and oxygen atoms in total. The van der Waals surface area contributed by atoms with E-state index in [9.17, 15) is 16.8 Å². The second-order valence-corrected chi connectivity index (χ2v) is 21.4. The number of rotatable bonds is 20. The van der Waals surface area contributed by atoms with Crippen LogP contribution in [0.25, 0.3) is 22.9 Å². The van der Waals surface area contributed by atoms with Crippen LogP contribution in [0.4, 0.5) is 0 Å². The second kappa shape index (κ2) is 24.9. The highest BCUT2D eigenvalue weighted by molar-refractivity contribution is 7.87. The lowest BCUT2D eigenvalue weighted by molar-refractivity contribution is -0.0555. The quantitative estimate of drug-likeness (QED) is 0.0521. The monoisotopic (exact) mass is 998 g/mol. The van der Waals surface area contributed by atoms with E-state index >= 15 is 0 Å². The van der Waals surface area contributed by atoms with Gasteiger partial charge in [0.05, 0.1) is 73.8 Å². The van der Waals surface area contributed by atoms with Crippen molar-refractivity contribution < 1.29 is 53.0 Å². The standard InChI is InChI=1S/2C27H33NO6S/c2*1-19-10-12-25(13-11-19)35(29,30)33-15-14-31-23-8-5-9-24(17-23)32-18-26-21(3)34-27(28-26)22-7-4-6-20(2)16-22/h2*4,6-7,10-13,16,23-24H,5,8-9,14-15,17-18H2,1-3H3. The summed E-state index contributed by atoms with van der Waals surface area (Å²) in [6.07, 6.45) is 7.40. The SMILES string of the molecule is Cc1ccc(S(=O)(=O)OCCOC2CCCC(OCc3nc(-c4cccc(C)c4)oc3C)C2)cc1.Cc1ccc(S(=O)(=O)OCCOC2CCCC(OCc3nc(-c4cccc(C)c4)oc3C)C2)cc1. The third kappa shape index (κ3) is 15.5. The summed E-state index contributed by atoms with van der Waals surface area (Å²) in [5.41, 5.74) is 7.82. The highest BCUT2D eigenvalue weighted by Crippen LogP contribution is 2.29. The minimum Gasteiger partial charge on any atom is -0.441 e. The van der Waals surface area contributed by atoms with Crippen molar-refractivity contribution in [3.8, 4) is 22.9 Å². The molecule has 0 spiro atoms. The Bertz CT molecular complexity index is 2630. The van der Waals surface area contributed by atoms with Crippen LogP contribution in [-0.4, -0.2) is 77.6 Å². The topological polar surface area (TPSA) is 176 Å². The molecule has 0 bridgehead atoms. The van der Waals surface area contributed by atoms with Crippen LogP contribution in [0, 0.1) is 41.5 Å². The van der Waals surface area contributed by atoms with Gasteiger partial charge in [-0.3, -0.25) is 8.37 Å². The van der Waals surface area contributed by atoms with E-state index in [-0.39, 0.29) is 60.6 Å². The zero-order valence-electron chi connectivity index (χ0n) is 41.1. The summed E-state index contributed by atoms with van der Waals surface area (Å²) in [6, 6.07) is 29.3. The highest BCUT2D eigenvalue weighted by Gasteiger charge is 2.26. The van der Waals surface area contributed by atoms with Crippen molar-refractivity contribution in [1.29, 1.82) is 0 Å². The van der Waals surface area contributed by atoms with Crippen molar-refractivity contribution >= 4 is 20.2 Å². The van der Waals surface area contributed by atoms with E-state index in [1.807, 2.05) is 77.9 Å². The van der Waals surface area contributed by atoms with E-state index in [4.69, 9.17) is 36.1 Å². The van der Waals surface area contributed by atoms with Gasteiger partial charge in [0.2, 0.25) is 11.8 Å². The number of oxazole rings is 2. The molecule has 2 saturated carbocycles. The molecule has 8 rings (SSSR count). The lowest BCUT2D eigenvalue weighted by atomic mass is 9.95. The number of benzene rings is 4. The maximum atomic E-state index is 12.3. The molecule has 0 saturated heterocycles. The molecule has 16 heteroatoms. The minimum atomic E-state index is -3.78. The van der Waals surface area contributed by atoms with Gasteiger partial charge in [-0.1, -0.05) is 70.8 Å². The fourth-order valence-electron chi connectivity index (χ4n) is 8.39. The van der Waals surface area contributed by atoms with E-state index < -0.39 is 20.2 Å². The first-order chi connectivity index (χ1) is 33.6. The van der Waals surface area contributed by atoms with Crippen molar-refractivity contribution in [2.75, 3.05) is 26.4 Å². The molecule has 0 radical (unpaired) electrons. The molecule has 2 heterocycles. The maximum Gasteiger partial charge on any atom is 0.297 e. The molecule has 70 heavy (non-hydrogen) atoms. The van der Waals surface area contributed by atoms with Gasteiger partial charge in [0, 0.05) is 11.1 Å². The smallest absolute Gasteiger partial charge is 0.297 e. The Morgan fingerprint density at radius 3 is 1.21 bits per heavy atom. The minimum absolute atomic E-state index is 0.0145. The Labute approximate surface area is 413 Å². The number of hydrogen-bond acceptors (Lipinski definition) is 14. The lowest BCUT2D eigenvalue weighted by Crippen LogP contribution is -2.29. The summed E-state index contributed by atoms with van der Waals surface area (Å²) in [7, 11) is -7.55. The van der Waals surface area contributed by atoms with Gasteiger partial charge in [-0.05, 0) is 141 Å². The number of nitrogens with zero attached hydrogens (tertiary/aromatic N) is 2. The van der Waals surface area contributed by atoms with Crippen molar-refractivity contribution in [1.82, 2.24) is 9.97 Å². The molecular formula is C54H66N2O12S2. The first-order valence-corrected chi connectivity index (χ1v) is 26.9. The van der Waals surface area contributed by atoms with Crippen LogP contribution in [0.3, 0.4) is 0 Å². The van der Waals surface area contributed by atoms with Crippen molar-refractivity contribution in [2.45, 2.75) is 140 Å². The zero-order chi connectivity index (χ0) is 49.7. The largest absolute Gasteiger partial charge is 0.441 e. The Kier molecular flexibility index (Phi) is 18.8. The third-order valence-electron chi connectivity index (χ3n) is 12.4. The zero-order valence-corrected chi connectivity index (χ0v) is 42.7. The van der Waals surface area contributed by atoms with E-state index in [0.29, 0.717) is 25.0 Å². The average Bonchev–Trinajstić information content (AvgIpc) is 3.92. The lowest BCUT2D eigenvalue weighted by Gasteiger charge is -2.29. The molecule has 4 atom stereocenters. The summed E-state index contributed by atoms with van der Waals surface area (Å²) >= 11 is 0. The predicted octanol–water partition coefficient (Wildman–Crippen LogP) is 11.0. The van der Waals surface area contributed by atoms with Crippen LogP contribution < -0.4 is 0 Å². The van der Waals surface area contributed by atoms with Crippen molar-refractivity contribution in [2.24, 2.45) is 0 Å². The van der Waals surface area contributed by atoms with Gasteiger partial charge in [-0.25, -0.2) is 9.97 Å². The van der Waals surface area contributed by atoms with E-state index in [0.717, 1.165) is 108 Å². The normalized spacial score (nSPS) is 18.6. The fraction of sp³-hybridized carbons (Fsp3) is 0.444. The van der Waals surface area contributed by atoms with E-state index in [1.165, 1.54) is 0 Å². The predicted molar refractivity (Wildman–Crippen MR) is 265 cm³/mol. The summed E-state index contributed by atoms with van der Waals surface area (Å²) in [5, 5.41) is 0. The van der Waals surface area contributed by atoms with E-state index in [2.05, 4.69) is 22.1 Å². The highest BCUT2D eigenvalue weighted by atomic mass is 32.2. The van der Waals surface area contributed by atoms with Gasteiger partial charge in [-0.2, -0.15) is 16.8 Å².